The second-order valence-electron chi connectivity index (χ2n) is 3.63. The van der Waals surface area contributed by atoms with Crippen molar-refractivity contribution >= 4 is 0 Å². The van der Waals surface area contributed by atoms with Crippen LogP contribution in [-0.2, 0) is 4.74 Å². The van der Waals surface area contributed by atoms with Gasteiger partial charge in [-0.3, -0.25) is 0 Å². The first kappa shape index (κ1) is 8.97. The molecule has 2 atom stereocenters. The van der Waals surface area contributed by atoms with Gasteiger partial charge < -0.3 is 15.2 Å². The van der Waals surface area contributed by atoms with Gasteiger partial charge in [-0.2, -0.15) is 0 Å². The van der Waals surface area contributed by atoms with Crippen molar-refractivity contribution in [2.45, 2.75) is 18.9 Å². The van der Waals surface area contributed by atoms with E-state index in [0.717, 1.165) is 19.6 Å². The maximum Gasteiger partial charge on any atom is 0.0610 e. The van der Waals surface area contributed by atoms with Crippen LogP contribution < -0.4 is 5.32 Å². The topological polar surface area (TPSA) is 41.5 Å². The molecule has 0 spiro atoms. The molecule has 0 bridgehead atoms. The SMILES string of the molecule is COCC1CNC(C)(CO)C1. The molecule has 0 radical (unpaired) electrons. The maximum absolute atomic E-state index is 9.01. The van der Waals surface area contributed by atoms with E-state index in [-0.39, 0.29) is 12.1 Å². The van der Waals surface area contributed by atoms with Crippen LogP contribution in [0.3, 0.4) is 0 Å². The second kappa shape index (κ2) is 3.52. The maximum atomic E-state index is 9.01. The summed E-state index contributed by atoms with van der Waals surface area (Å²) < 4.78 is 5.04. The van der Waals surface area contributed by atoms with Crippen molar-refractivity contribution in [2.24, 2.45) is 5.92 Å². The van der Waals surface area contributed by atoms with Gasteiger partial charge >= 0.3 is 0 Å². The highest BCUT2D eigenvalue weighted by molar-refractivity contribution is 4.92. The van der Waals surface area contributed by atoms with Crippen molar-refractivity contribution in [1.29, 1.82) is 0 Å². The molecule has 11 heavy (non-hydrogen) atoms. The van der Waals surface area contributed by atoms with Gasteiger partial charge in [-0.15, -0.1) is 0 Å². The molecule has 1 saturated heterocycles. The molecule has 0 aromatic heterocycles. The third-order valence-corrected chi connectivity index (χ3v) is 2.31. The summed E-state index contributed by atoms with van der Waals surface area (Å²) in [5.41, 5.74) is -0.0663. The summed E-state index contributed by atoms with van der Waals surface area (Å²) in [6, 6.07) is 0. The van der Waals surface area contributed by atoms with Crippen LogP contribution in [0.25, 0.3) is 0 Å². The number of ether oxygens (including phenoxy) is 1. The van der Waals surface area contributed by atoms with Crippen LogP contribution in [-0.4, -0.2) is 37.5 Å². The van der Waals surface area contributed by atoms with Crippen molar-refractivity contribution in [1.82, 2.24) is 5.32 Å². The Balaban J connectivity index is 2.33. The van der Waals surface area contributed by atoms with Crippen molar-refractivity contribution < 1.29 is 9.84 Å². The van der Waals surface area contributed by atoms with Crippen LogP contribution in [0.5, 0.6) is 0 Å². The Labute approximate surface area is 67.7 Å². The first-order chi connectivity index (χ1) is 5.20. The molecule has 1 aliphatic heterocycles. The minimum atomic E-state index is -0.0663. The van der Waals surface area contributed by atoms with E-state index in [9.17, 15) is 0 Å². The standard InChI is InChI=1S/C8H17NO2/c1-8(6-10)3-7(4-9-8)5-11-2/h7,9-10H,3-6H2,1-2H3. The Kier molecular flexibility index (Phi) is 2.87. The lowest BCUT2D eigenvalue weighted by atomic mass is 9.96. The molecule has 66 valence electrons. The van der Waals surface area contributed by atoms with Gasteiger partial charge in [0.1, 0.15) is 0 Å². The fourth-order valence-electron chi connectivity index (χ4n) is 1.65. The monoisotopic (exact) mass is 159 g/mol. The Hall–Kier alpha value is -0.120. The Bertz CT molecular complexity index is 129. The van der Waals surface area contributed by atoms with E-state index < -0.39 is 0 Å². The van der Waals surface area contributed by atoms with Gasteiger partial charge in [0.2, 0.25) is 0 Å². The number of hydrogen-bond acceptors (Lipinski definition) is 3. The van der Waals surface area contributed by atoms with E-state index in [0.29, 0.717) is 5.92 Å². The number of methoxy groups -OCH3 is 1. The molecule has 2 N–H and O–H groups in total. The van der Waals surface area contributed by atoms with Gasteiger partial charge in [0.05, 0.1) is 13.2 Å². The predicted octanol–water partition coefficient (Wildman–Crippen LogP) is -0.00670. The molecule has 2 unspecified atom stereocenters. The van der Waals surface area contributed by atoms with Crippen LogP contribution in [0.1, 0.15) is 13.3 Å². The second-order valence-corrected chi connectivity index (χ2v) is 3.63. The van der Waals surface area contributed by atoms with Crippen LogP contribution in [0.4, 0.5) is 0 Å². The highest BCUT2D eigenvalue weighted by atomic mass is 16.5. The molecule has 3 heteroatoms. The summed E-state index contributed by atoms with van der Waals surface area (Å²) in [5.74, 6) is 0.567. The van der Waals surface area contributed by atoms with E-state index >= 15 is 0 Å². The normalized spacial score (nSPS) is 37.9. The Morgan fingerprint density at radius 3 is 2.91 bits per heavy atom. The fourth-order valence-corrected chi connectivity index (χ4v) is 1.65. The van der Waals surface area contributed by atoms with Crippen LogP contribution in [0.15, 0.2) is 0 Å². The van der Waals surface area contributed by atoms with E-state index in [4.69, 9.17) is 9.84 Å². The van der Waals surface area contributed by atoms with E-state index in [1.54, 1.807) is 7.11 Å². The van der Waals surface area contributed by atoms with Crippen LogP contribution >= 0.6 is 0 Å². The minimum absolute atomic E-state index is 0.0663. The highest BCUT2D eigenvalue weighted by Gasteiger charge is 2.33. The molecular weight excluding hydrogens is 142 g/mol. The first-order valence-corrected chi connectivity index (χ1v) is 4.05. The molecule has 1 aliphatic rings. The van der Waals surface area contributed by atoms with Gasteiger partial charge in [-0.05, 0) is 19.3 Å². The summed E-state index contributed by atoms with van der Waals surface area (Å²) in [6.07, 6.45) is 1.01. The minimum Gasteiger partial charge on any atom is -0.394 e. The summed E-state index contributed by atoms with van der Waals surface area (Å²) in [5, 5.41) is 12.3. The van der Waals surface area contributed by atoms with Gasteiger partial charge in [0, 0.05) is 19.2 Å². The molecule has 0 aliphatic carbocycles. The number of rotatable bonds is 3. The first-order valence-electron chi connectivity index (χ1n) is 4.05. The third kappa shape index (κ3) is 2.15. The van der Waals surface area contributed by atoms with E-state index in [1.165, 1.54) is 0 Å². The zero-order valence-corrected chi connectivity index (χ0v) is 7.26. The predicted molar refractivity (Wildman–Crippen MR) is 43.5 cm³/mol. The van der Waals surface area contributed by atoms with E-state index in [1.807, 2.05) is 6.92 Å². The molecule has 0 aromatic carbocycles. The average Bonchev–Trinajstić information content (AvgIpc) is 2.35. The molecule has 1 fully saturated rings. The lowest BCUT2D eigenvalue weighted by Crippen LogP contribution is -2.39. The number of aliphatic hydroxyl groups excluding tert-OH is 1. The van der Waals surface area contributed by atoms with Gasteiger partial charge in [-0.1, -0.05) is 0 Å². The zero-order chi connectivity index (χ0) is 8.32. The van der Waals surface area contributed by atoms with Gasteiger partial charge in [0.25, 0.3) is 0 Å². The molecule has 0 amide bonds. The molecular formula is C8H17NO2. The lowest BCUT2D eigenvalue weighted by Gasteiger charge is -2.20. The zero-order valence-electron chi connectivity index (χ0n) is 7.26. The van der Waals surface area contributed by atoms with Gasteiger partial charge in [-0.25, -0.2) is 0 Å². The van der Waals surface area contributed by atoms with Crippen LogP contribution in [0, 0.1) is 5.92 Å². The third-order valence-electron chi connectivity index (χ3n) is 2.31. The summed E-state index contributed by atoms with van der Waals surface area (Å²) in [6.45, 7) is 4.02. The summed E-state index contributed by atoms with van der Waals surface area (Å²) >= 11 is 0. The Morgan fingerprint density at radius 2 is 2.45 bits per heavy atom. The Morgan fingerprint density at radius 1 is 1.73 bits per heavy atom. The smallest absolute Gasteiger partial charge is 0.0610 e. The van der Waals surface area contributed by atoms with Gasteiger partial charge in [0.15, 0.2) is 0 Å². The fraction of sp³-hybridized carbons (Fsp3) is 1.00. The molecule has 0 saturated carbocycles. The lowest BCUT2D eigenvalue weighted by molar-refractivity contribution is 0.147. The van der Waals surface area contributed by atoms with Crippen molar-refractivity contribution in [3.05, 3.63) is 0 Å². The molecule has 1 heterocycles. The van der Waals surface area contributed by atoms with Crippen molar-refractivity contribution in [2.75, 3.05) is 26.9 Å². The van der Waals surface area contributed by atoms with Crippen LogP contribution in [0.2, 0.25) is 0 Å². The molecule has 3 nitrogen and oxygen atoms in total. The molecule has 0 aromatic rings. The highest BCUT2D eigenvalue weighted by Crippen LogP contribution is 2.23. The number of nitrogens with one attached hydrogen (secondary N) is 1. The number of aliphatic hydroxyl groups is 1. The average molecular weight is 159 g/mol. The quantitative estimate of drug-likeness (QED) is 0.608. The van der Waals surface area contributed by atoms with Crippen molar-refractivity contribution in [3.8, 4) is 0 Å². The summed E-state index contributed by atoms with van der Waals surface area (Å²) in [4.78, 5) is 0. The van der Waals surface area contributed by atoms with Crippen molar-refractivity contribution in [3.63, 3.8) is 0 Å². The largest absolute Gasteiger partial charge is 0.394 e. The van der Waals surface area contributed by atoms with E-state index in [2.05, 4.69) is 5.32 Å². The number of hydrogen-bond donors (Lipinski definition) is 2. The summed E-state index contributed by atoms with van der Waals surface area (Å²) in [7, 11) is 1.72. The molecule has 1 rings (SSSR count).